The number of nitrogens with zero attached hydrogens (tertiary/aromatic N) is 1. The van der Waals surface area contributed by atoms with Gasteiger partial charge in [0.25, 0.3) is 0 Å². The van der Waals surface area contributed by atoms with Gasteiger partial charge in [0, 0.05) is 19.7 Å². The fourth-order valence-corrected chi connectivity index (χ4v) is 2.03. The molecule has 1 heterocycles. The van der Waals surface area contributed by atoms with Crippen molar-refractivity contribution < 1.29 is 9.47 Å². The normalized spacial score (nSPS) is 18.5. The molecule has 96 valence electrons. The Morgan fingerprint density at radius 1 is 1.50 bits per heavy atom. The van der Waals surface area contributed by atoms with Gasteiger partial charge in [0.2, 0.25) is 0 Å². The Balaban J connectivity index is 1.76. The molecule has 1 aromatic carbocycles. The van der Waals surface area contributed by atoms with Gasteiger partial charge in [-0.05, 0) is 30.0 Å². The maximum atomic E-state index is 8.46. The molecule has 1 N–H and O–H groups in total. The van der Waals surface area contributed by atoms with Crippen molar-refractivity contribution in [2.24, 2.45) is 5.92 Å². The molecule has 1 aliphatic heterocycles. The topological polar surface area (TPSA) is 54.3 Å². The number of benzene rings is 1. The average Bonchev–Trinajstić information content (AvgIpc) is 2.90. The van der Waals surface area contributed by atoms with Crippen LogP contribution in [0.15, 0.2) is 24.3 Å². The molecule has 1 unspecified atom stereocenters. The minimum atomic E-state index is 0.0935. The molecule has 1 aliphatic rings. The van der Waals surface area contributed by atoms with Crippen molar-refractivity contribution in [3.63, 3.8) is 0 Å². The predicted molar refractivity (Wildman–Crippen MR) is 68.2 cm³/mol. The molecule has 0 aromatic heterocycles. The van der Waals surface area contributed by atoms with E-state index in [0.717, 1.165) is 38.5 Å². The van der Waals surface area contributed by atoms with Crippen LogP contribution < -0.4 is 10.1 Å². The van der Waals surface area contributed by atoms with Gasteiger partial charge in [-0.3, -0.25) is 0 Å². The lowest BCUT2D eigenvalue weighted by molar-refractivity contribution is 0.185. The highest BCUT2D eigenvalue weighted by molar-refractivity contribution is 5.28. The Morgan fingerprint density at radius 2 is 2.44 bits per heavy atom. The van der Waals surface area contributed by atoms with E-state index in [2.05, 4.69) is 11.4 Å². The minimum Gasteiger partial charge on any atom is -0.479 e. The van der Waals surface area contributed by atoms with Gasteiger partial charge in [-0.2, -0.15) is 5.26 Å². The van der Waals surface area contributed by atoms with Crippen molar-refractivity contribution in [3.05, 3.63) is 29.8 Å². The first kappa shape index (κ1) is 12.9. The molecule has 0 amide bonds. The second kappa shape index (κ2) is 7.00. The van der Waals surface area contributed by atoms with E-state index in [1.807, 2.05) is 24.3 Å². The summed E-state index contributed by atoms with van der Waals surface area (Å²) in [7, 11) is 0. The van der Waals surface area contributed by atoms with Crippen molar-refractivity contribution in [3.8, 4) is 11.8 Å². The van der Waals surface area contributed by atoms with Gasteiger partial charge >= 0.3 is 0 Å². The van der Waals surface area contributed by atoms with Gasteiger partial charge in [0.05, 0.1) is 6.61 Å². The molecule has 1 aromatic rings. The van der Waals surface area contributed by atoms with Crippen molar-refractivity contribution in [2.45, 2.75) is 13.0 Å². The molecular weight excluding hydrogens is 228 g/mol. The molecule has 0 saturated carbocycles. The summed E-state index contributed by atoms with van der Waals surface area (Å²) in [5.74, 6) is 1.39. The number of rotatable bonds is 6. The summed E-state index contributed by atoms with van der Waals surface area (Å²) in [6.07, 6.45) is 1.15. The van der Waals surface area contributed by atoms with Gasteiger partial charge in [-0.1, -0.05) is 12.1 Å². The molecule has 2 rings (SSSR count). The van der Waals surface area contributed by atoms with Crippen LogP contribution in [0.25, 0.3) is 0 Å². The van der Waals surface area contributed by atoms with Crippen LogP contribution in [0.5, 0.6) is 5.75 Å². The van der Waals surface area contributed by atoms with Crippen LogP contribution in [0.1, 0.15) is 12.0 Å². The van der Waals surface area contributed by atoms with E-state index in [9.17, 15) is 0 Å². The maximum Gasteiger partial charge on any atom is 0.174 e. The number of nitriles is 1. The van der Waals surface area contributed by atoms with E-state index in [1.54, 1.807) is 0 Å². The predicted octanol–water partition coefficient (Wildman–Crippen LogP) is 1.72. The first-order valence-electron chi connectivity index (χ1n) is 6.25. The van der Waals surface area contributed by atoms with Crippen LogP contribution in [-0.2, 0) is 11.3 Å². The van der Waals surface area contributed by atoms with Crippen molar-refractivity contribution in [1.29, 1.82) is 5.26 Å². The number of hydrogen-bond acceptors (Lipinski definition) is 4. The highest BCUT2D eigenvalue weighted by atomic mass is 16.5. The Bertz CT molecular complexity index is 409. The largest absolute Gasteiger partial charge is 0.479 e. The number of hydrogen-bond donors (Lipinski definition) is 1. The van der Waals surface area contributed by atoms with E-state index < -0.39 is 0 Å². The lowest BCUT2D eigenvalue weighted by atomic mass is 10.1. The Kier molecular flexibility index (Phi) is 5.00. The molecule has 0 bridgehead atoms. The van der Waals surface area contributed by atoms with E-state index in [-0.39, 0.29) is 6.61 Å². The third-order valence-corrected chi connectivity index (χ3v) is 2.99. The molecule has 18 heavy (non-hydrogen) atoms. The quantitative estimate of drug-likeness (QED) is 0.830. The smallest absolute Gasteiger partial charge is 0.174 e. The summed E-state index contributed by atoms with van der Waals surface area (Å²) >= 11 is 0. The molecule has 1 saturated heterocycles. The first-order chi connectivity index (χ1) is 8.88. The van der Waals surface area contributed by atoms with Gasteiger partial charge in [-0.15, -0.1) is 0 Å². The van der Waals surface area contributed by atoms with Crippen LogP contribution in [0, 0.1) is 17.2 Å². The van der Waals surface area contributed by atoms with Gasteiger partial charge in [-0.25, -0.2) is 0 Å². The van der Waals surface area contributed by atoms with E-state index in [1.165, 1.54) is 5.56 Å². The molecular formula is C14H18N2O2. The highest BCUT2D eigenvalue weighted by Gasteiger charge is 2.14. The number of nitrogens with one attached hydrogen (secondary N) is 1. The van der Waals surface area contributed by atoms with Crippen LogP contribution >= 0.6 is 0 Å². The molecule has 1 atom stereocenters. The van der Waals surface area contributed by atoms with Gasteiger partial charge in [0.15, 0.2) is 6.61 Å². The van der Waals surface area contributed by atoms with E-state index in [4.69, 9.17) is 14.7 Å². The molecule has 0 radical (unpaired) electrons. The Morgan fingerprint density at radius 3 is 3.22 bits per heavy atom. The first-order valence-corrected chi connectivity index (χ1v) is 6.25. The van der Waals surface area contributed by atoms with Crippen molar-refractivity contribution in [2.75, 3.05) is 26.4 Å². The molecule has 1 fully saturated rings. The lowest BCUT2D eigenvalue weighted by Gasteiger charge is -2.10. The SMILES string of the molecule is N#CCOc1cccc(CNCC2CCOC2)c1. The molecule has 4 nitrogen and oxygen atoms in total. The molecule has 4 heteroatoms. The van der Waals surface area contributed by atoms with Crippen LogP contribution in [0.4, 0.5) is 0 Å². The third kappa shape index (κ3) is 4.02. The van der Waals surface area contributed by atoms with Crippen LogP contribution in [0.2, 0.25) is 0 Å². The maximum absolute atomic E-state index is 8.46. The molecule has 0 aliphatic carbocycles. The zero-order valence-corrected chi connectivity index (χ0v) is 10.4. The zero-order valence-electron chi connectivity index (χ0n) is 10.4. The highest BCUT2D eigenvalue weighted by Crippen LogP contribution is 2.14. The van der Waals surface area contributed by atoms with Crippen LogP contribution in [0.3, 0.4) is 0 Å². The van der Waals surface area contributed by atoms with Crippen LogP contribution in [-0.4, -0.2) is 26.4 Å². The average molecular weight is 246 g/mol. The Hall–Kier alpha value is -1.57. The van der Waals surface area contributed by atoms with E-state index >= 15 is 0 Å². The fourth-order valence-electron chi connectivity index (χ4n) is 2.03. The van der Waals surface area contributed by atoms with E-state index in [0.29, 0.717) is 5.92 Å². The second-order valence-corrected chi connectivity index (χ2v) is 4.45. The Labute approximate surface area is 108 Å². The summed E-state index contributed by atoms with van der Waals surface area (Å²) in [4.78, 5) is 0. The summed E-state index contributed by atoms with van der Waals surface area (Å²) < 4.78 is 10.6. The van der Waals surface area contributed by atoms with Crippen molar-refractivity contribution in [1.82, 2.24) is 5.32 Å². The standard InChI is InChI=1S/C14H18N2O2/c15-5-7-18-14-3-1-2-12(8-14)9-16-10-13-4-6-17-11-13/h1-3,8,13,16H,4,6-7,9-11H2. The van der Waals surface area contributed by atoms with Gasteiger partial charge < -0.3 is 14.8 Å². The summed E-state index contributed by atoms with van der Waals surface area (Å²) in [5, 5.41) is 11.9. The molecule has 0 spiro atoms. The third-order valence-electron chi connectivity index (χ3n) is 2.99. The lowest BCUT2D eigenvalue weighted by Crippen LogP contribution is -2.22. The summed E-state index contributed by atoms with van der Waals surface area (Å²) in [5.41, 5.74) is 1.17. The second-order valence-electron chi connectivity index (χ2n) is 4.45. The summed E-state index contributed by atoms with van der Waals surface area (Å²) in [6.45, 7) is 3.67. The zero-order chi connectivity index (χ0) is 12.6. The monoisotopic (exact) mass is 246 g/mol. The van der Waals surface area contributed by atoms with Crippen molar-refractivity contribution >= 4 is 0 Å². The summed E-state index contributed by atoms with van der Waals surface area (Å²) in [6, 6.07) is 9.80. The van der Waals surface area contributed by atoms with Gasteiger partial charge in [0.1, 0.15) is 11.8 Å². The number of ether oxygens (including phenoxy) is 2. The fraction of sp³-hybridized carbons (Fsp3) is 0.500. The minimum absolute atomic E-state index is 0.0935.